The largest absolute Gasteiger partial charge is 0.460 e. The minimum absolute atomic E-state index is 0.0864. The third kappa shape index (κ3) is 14.3. The predicted octanol–water partition coefficient (Wildman–Crippen LogP) is 11.6. The zero-order valence-electron chi connectivity index (χ0n) is 39.7. The average molecular weight is 932 g/mol. The molecule has 2 heterocycles. The van der Waals surface area contributed by atoms with Gasteiger partial charge in [-0.3, -0.25) is 4.79 Å². The number of carbonyl (C=O) groups excluding carboxylic acids is 2. The molecule has 2 amide bonds. The molecule has 4 aliphatic rings. The van der Waals surface area contributed by atoms with Crippen LogP contribution >= 0.6 is 11.8 Å². The lowest BCUT2D eigenvalue weighted by Crippen LogP contribution is -2.64. The fourth-order valence-electron chi connectivity index (χ4n) is 10.3. The van der Waals surface area contributed by atoms with E-state index in [2.05, 4.69) is 30.2 Å². The summed E-state index contributed by atoms with van der Waals surface area (Å²) in [6.07, 6.45) is 23.4. The number of oxime groups is 1. The van der Waals surface area contributed by atoms with E-state index < -0.39 is 18.2 Å². The van der Waals surface area contributed by atoms with Crippen LogP contribution < -0.4 is 20.1 Å². The molecule has 2 aromatic carbocycles. The second-order valence-electron chi connectivity index (χ2n) is 18.5. The molecule has 13 heteroatoms. The van der Waals surface area contributed by atoms with Crippen LogP contribution in [0.5, 0.6) is 11.5 Å². The van der Waals surface area contributed by atoms with E-state index in [1.165, 1.54) is 58.3 Å². The molecule has 2 aliphatic heterocycles. The maximum absolute atomic E-state index is 13.3. The van der Waals surface area contributed by atoms with Crippen molar-refractivity contribution in [2.75, 3.05) is 38.3 Å². The highest BCUT2D eigenvalue weighted by Crippen LogP contribution is 2.63. The number of thioether (sulfide) groups is 1. The summed E-state index contributed by atoms with van der Waals surface area (Å²) < 4.78 is 26.4. The minimum Gasteiger partial charge on any atom is -0.460 e. The highest BCUT2D eigenvalue weighted by molar-refractivity contribution is 8.00. The van der Waals surface area contributed by atoms with E-state index in [0.717, 1.165) is 79.5 Å². The van der Waals surface area contributed by atoms with E-state index in [4.69, 9.17) is 28.9 Å². The van der Waals surface area contributed by atoms with E-state index in [1.54, 1.807) is 23.9 Å². The SMILES string of the molecule is C=CCO[C@@]12Oc3ccc(OC(=O)NCCCCCCCCCCCC)cc3[C@H]3[C@H](CCCCO)[C@@H](CCCCO)C=C(C(=NOC4CCCCO4)C[C@@H]1Sc1ccc(NC(C)=O)cc1)[C@H]32. The maximum atomic E-state index is 13.3. The molecule has 0 spiro atoms. The number of amides is 2. The van der Waals surface area contributed by atoms with Crippen molar-refractivity contribution in [2.24, 2.45) is 22.9 Å². The number of benzene rings is 2. The molecule has 1 unspecified atom stereocenters. The average Bonchev–Trinajstić information content (AvgIpc) is 3.32. The Balaban J connectivity index is 1.35. The van der Waals surface area contributed by atoms with Crippen molar-refractivity contribution in [1.82, 2.24) is 5.32 Å². The van der Waals surface area contributed by atoms with Crippen LogP contribution in [-0.4, -0.2) is 78.2 Å². The van der Waals surface area contributed by atoms with Gasteiger partial charge in [0.1, 0.15) is 11.5 Å². The minimum atomic E-state index is -1.20. The second kappa shape index (κ2) is 27.2. The number of carbonyl (C=O) groups is 2. The van der Waals surface area contributed by atoms with E-state index in [9.17, 15) is 19.8 Å². The van der Waals surface area contributed by atoms with Gasteiger partial charge in [-0.1, -0.05) is 94.9 Å². The number of anilines is 1. The molecule has 1 saturated heterocycles. The molecule has 0 bridgehead atoms. The predicted molar refractivity (Wildman–Crippen MR) is 262 cm³/mol. The van der Waals surface area contributed by atoms with Gasteiger partial charge in [0.2, 0.25) is 18.0 Å². The summed E-state index contributed by atoms with van der Waals surface area (Å²) in [5.74, 6) is -0.574. The Morgan fingerprint density at radius 3 is 2.33 bits per heavy atom. The first-order chi connectivity index (χ1) is 32.3. The smallest absolute Gasteiger partial charge is 0.412 e. The first kappa shape index (κ1) is 51.5. The number of fused-ring (bicyclic) bond motifs is 2. The Labute approximate surface area is 398 Å². The zero-order valence-corrected chi connectivity index (χ0v) is 40.5. The van der Waals surface area contributed by atoms with Crippen molar-refractivity contribution in [1.29, 1.82) is 0 Å². The molecule has 2 aromatic rings. The van der Waals surface area contributed by atoms with E-state index >= 15 is 0 Å². The molecule has 12 nitrogen and oxygen atoms in total. The third-order valence-corrected chi connectivity index (χ3v) is 14.8. The number of nitrogens with zero attached hydrogens (tertiary/aromatic N) is 1. The highest BCUT2D eigenvalue weighted by Gasteiger charge is 2.64. The van der Waals surface area contributed by atoms with Gasteiger partial charge in [0.15, 0.2) is 0 Å². The molecule has 0 radical (unpaired) electrons. The summed E-state index contributed by atoms with van der Waals surface area (Å²) >= 11 is 1.65. The number of ether oxygens (including phenoxy) is 4. The first-order valence-corrected chi connectivity index (χ1v) is 26.0. The van der Waals surface area contributed by atoms with E-state index in [-0.39, 0.29) is 54.6 Å². The Morgan fingerprint density at radius 2 is 1.65 bits per heavy atom. The molecule has 1 saturated carbocycles. The number of hydrogen-bond donors (Lipinski definition) is 4. The molecule has 6 rings (SSSR count). The summed E-state index contributed by atoms with van der Waals surface area (Å²) in [6, 6.07) is 13.5. The van der Waals surface area contributed by atoms with Crippen molar-refractivity contribution in [3.05, 3.63) is 72.3 Å². The van der Waals surface area contributed by atoms with Gasteiger partial charge in [0.05, 0.1) is 30.1 Å². The quantitative estimate of drug-likeness (QED) is 0.0368. The number of allylic oxidation sites excluding steroid dienone is 1. The number of rotatable bonds is 28. The Bertz CT molecular complexity index is 1890. The van der Waals surface area contributed by atoms with Crippen LogP contribution in [0.3, 0.4) is 0 Å². The van der Waals surface area contributed by atoms with Gasteiger partial charge in [-0.05, 0) is 105 Å². The lowest BCUT2D eigenvalue weighted by molar-refractivity contribution is -0.223. The molecule has 4 N–H and O–H groups in total. The molecule has 0 aromatic heterocycles. The van der Waals surface area contributed by atoms with Gasteiger partial charge in [-0.25, -0.2) is 4.79 Å². The fraction of sp³-hybridized carbons (Fsp3) is 0.642. The topological polar surface area (TPSA) is 157 Å². The third-order valence-electron chi connectivity index (χ3n) is 13.5. The first-order valence-electron chi connectivity index (χ1n) is 25.2. The second-order valence-corrected chi connectivity index (χ2v) is 19.7. The van der Waals surface area contributed by atoms with Gasteiger partial charge in [0, 0.05) is 61.6 Å². The number of aliphatic hydroxyl groups is 2. The summed E-state index contributed by atoms with van der Waals surface area (Å²) in [7, 11) is 0. The van der Waals surface area contributed by atoms with Gasteiger partial charge >= 0.3 is 6.09 Å². The molecule has 7 atom stereocenters. The lowest BCUT2D eigenvalue weighted by atomic mass is 9.56. The van der Waals surface area contributed by atoms with E-state index in [1.807, 2.05) is 36.4 Å². The van der Waals surface area contributed by atoms with Gasteiger partial charge in [-0.2, -0.15) is 0 Å². The van der Waals surface area contributed by atoms with Crippen molar-refractivity contribution < 1.29 is 43.6 Å². The van der Waals surface area contributed by atoms with Crippen LogP contribution in [0.4, 0.5) is 10.5 Å². The van der Waals surface area contributed by atoms with Crippen LogP contribution in [-0.2, 0) is 19.1 Å². The Morgan fingerprint density at radius 1 is 0.924 bits per heavy atom. The lowest BCUT2D eigenvalue weighted by Gasteiger charge is -2.58. The van der Waals surface area contributed by atoms with Crippen molar-refractivity contribution in [3.63, 3.8) is 0 Å². The van der Waals surface area contributed by atoms with Gasteiger partial charge < -0.3 is 44.6 Å². The number of hydrogen-bond acceptors (Lipinski definition) is 11. The van der Waals surface area contributed by atoms with Crippen molar-refractivity contribution in [3.8, 4) is 11.5 Å². The number of aliphatic hydroxyl groups excluding tert-OH is 2. The maximum Gasteiger partial charge on any atom is 0.412 e. The van der Waals surface area contributed by atoms with Crippen LogP contribution in [0.1, 0.15) is 154 Å². The normalized spacial score (nSPS) is 24.9. The summed E-state index contributed by atoms with van der Waals surface area (Å²) in [6.45, 7) is 9.44. The van der Waals surface area contributed by atoms with E-state index in [0.29, 0.717) is 49.6 Å². The summed E-state index contributed by atoms with van der Waals surface area (Å²) in [4.78, 5) is 32.4. The number of nitrogens with one attached hydrogen (secondary N) is 2. The van der Waals surface area contributed by atoms with Crippen LogP contribution in [0.25, 0.3) is 0 Å². The van der Waals surface area contributed by atoms with Crippen molar-refractivity contribution >= 4 is 35.2 Å². The molecular formula is C53H77N3O9S. The summed E-state index contributed by atoms with van der Waals surface area (Å²) in [5, 5.41) is 30.4. The zero-order chi connectivity index (χ0) is 46.6. The van der Waals surface area contributed by atoms with Crippen LogP contribution in [0.2, 0.25) is 0 Å². The van der Waals surface area contributed by atoms with Crippen molar-refractivity contribution in [2.45, 2.75) is 170 Å². The Kier molecular flexibility index (Phi) is 21.2. The van der Waals surface area contributed by atoms with Crippen LogP contribution in [0, 0.1) is 17.8 Å². The molecule has 2 fully saturated rings. The molecular weight excluding hydrogens is 855 g/mol. The standard InChI is InChI=1S/C53H77N3O9S/c1-4-6-7-8-9-10-11-12-13-17-30-54-52(60)63-41-26-29-47-45(36-41)50-43(22-15-19-32-58)39(21-14-18-31-57)35-44-46(56-65-49-23-16-20-34-61-49)37-48(53(64-47,51(44)50)62-33-5-2)66-42-27-24-40(25-28-42)55-38(3)59/h5,24-29,35-36,39,43,48-51,57-58H,2,4,6-23,30-34,37H2,1,3H3,(H,54,60)(H,55,59)/t39-,43+,48-,49?,50+,51+,53+/m0/s1. The highest BCUT2D eigenvalue weighted by atomic mass is 32.2. The monoisotopic (exact) mass is 932 g/mol. The van der Waals surface area contributed by atoms with Crippen LogP contribution in [0.15, 0.2) is 76.8 Å². The fourth-order valence-corrected chi connectivity index (χ4v) is 11.6. The molecule has 364 valence electrons. The summed E-state index contributed by atoms with van der Waals surface area (Å²) in [5.41, 5.74) is 3.47. The molecule has 66 heavy (non-hydrogen) atoms. The molecule has 2 aliphatic carbocycles. The number of unbranched alkanes of at least 4 members (excludes halogenated alkanes) is 11. The Hall–Kier alpha value is -3.88. The van der Waals surface area contributed by atoms with Gasteiger partial charge in [-0.15, -0.1) is 18.3 Å². The van der Waals surface area contributed by atoms with Gasteiger partial charge in [0.25, 0.3) is 0 Å².